The minimum absolute atomic E-state index is 0.206. The quantitative estimate of drug-likeness (QED) is 0.748. The summed E-state index contributed by atoms with van der Waals surface area (Å²) >= 11 is 0. The smallest absolute Gasteiger partial charge is 0.194 e. The molecule has 4 heteroatoms. The summed E-state index contributed by atoms with van der Waals surface area (Å²) in [5.41, 5.74) is 1.90. The molecule has 0 amide bonds. The van der Waals surface area contributed by atoms with Crippen LogP contribution >= 0.6 is 0 Å². The Balaban J connectivity index is 2.52. The van der Waals surface area contributed by atoms with Gasteiger partial charge in [0.25, 0.3) is 0 Å². The Morgan fingerprint density at radius 2 is 2.13 bits per heavy atom. The molecule has 15 heavy (non-hydrogen) atoms. The Morgan fingerprint density at radius 1 is 1.33 bits per heavy atom. The van der Waals surface area contributed by atoms with E-state index < -0.39 is 6.29 Å². The maximum absolute atomic E-state index is 5.40. The topological polar surface area (TPSA) is 36.9 Å². The first-order valence-corrected chi connectivity index (χ1v) is 4.72. The minimum Gasteiger partial charge on any atom is -0.496 e. The predicted molar refractivity (Wildman–Crippen MR) is 54.1 cm³/mol. The van der Waals surface area contributed by atoms with Crippen LogP contribution in [0.5, 0.6) is 11.5 Å². The van der Waals surface area contributed by atoms with Crippen molar-refractivity contribution in [1.82, 2.24) is 0 Å². The highest BCUT2D eigenvalue weighted by Gasteiger charge is 2.26. The van der Waals surface area contributed by atoms with Crippen molar-refractivity contribution in [2.75, 3.05) is 21.0 Å². The van der Waals surface area contributed by atoms with Gasteiger partial charge in [-0.25, -0.2) is 0 Å². The minimum atomic E-state index is -0.413. The van der Waals surface area contributed by atoms with Gasteiger partial charge in [-0.3, -0.25) is 0 Å². The standard InChI is InChI=1S/C11H14O4/c1-7-4-8(12-2)10-9(5-7)14-6-15-11(10)13-3/h4-5,11H,6H2,1-3H3. The third-order valence-electron chi connectivity index (χ3n) is 2.35. The summed E-state index contributed by atoms with van der Waals surface area (Å²) in [4.78, 5) is 0. The molecule has 82 valence electrons. The normalized spacial score (nSPS) is 19.3. The van der Waals surface area contributed by atoms with E-state index in [4.69, 9.17) is 18.9 Å². The Kier molecular flexibility index (Phi) is 2.79. The number of hydrogen-bond acceptors (Lipinski definition) is 4. The summed E-state index contributed by atoms with van der Waals surface area (Å²) in [7, 11) is 3.22. The summed E-state index contributed by atoms with van der Waals surface area (Å²) in [6.07, 6.45) is -0.413. The molecular formula is C11H14O4. The van der Waals surface area contributed by atoms with Crippen molar-refractivity contribution in [3.05, 3.63) is 23.3 Å². The van der Waals surface area contributed by atoms with E-state index in [0.717, 1.165) is 22.6 Å². The van der Waals surface area contributed by atoms with Gasteiger partial charge in [-0.1, -0.05) is 0 Å². The molecule has 1 aromatic carbocycles. The Hall–Kier alpha value is -1.26. The first kappa shape index (κ1) is 10.3. The van der Waals surface area contributed by atoms with Gasteiger partial charge < -0.3 is 18.9 Å². The van der Waals surface area contributed by atoms with E-state index in [1.54, 1.807) is 14.2 Å². The van der Waals surface area contributed by atoms with Gasteiger partial charge in [0, 0.05) is 7.11 Å². The van der Waals surface area contributed by atoms with Crippen LogP contribution < -0.4 is 9.47 Å². The second kappa shape index (κ2) is 4.08. The van der Waals surface area contributed by atoms with Crippen LogP contribution in [0.1, 0.15) is 17.4 Å². The fourth-order valence-electron chi connectivity index (χ4n) is 1.68. The number of rotatable bonds is 2. The van der Waals surface area contributed by atoms with Crippen LogP contribution in [-0.2, 0) is 9.47 Å². The molecule has 0 N–H and O–H groups in total. The SMILES string of the molecule is COc1cc(C)cc2c1C(OC)OCO2. The zero-order valence-corrected chi connectivity index (χ0v) is 9.07. The zero-order chi connectivity index (χ0) is 10.8. The molecular weight excluding hydrogens is 196 g/mol. The molecule has 4 nitrogen and oxygen atoms in total. The molecule has 1 aliphatic heterocycles. The molecule has 0 aromatic heterocycles. The van der Waals surface area contributed by atoms with Gasteiger partial charge in [0.15, 0.2) is 13.1 Å². The first-order valence-electron chi connectivity index (χ1n) is 4.72. The van der Waals surface area contributed by atoms with E-state index in [9.17, 15) is 0 Å². The van der Waals surface area contributed by atoms with Crippen LogP contribution in [0.4, 0.5) is 0 Å². The second-order valence-corrected chi connectivity index (χ2v) is 3.38. The van der Waals surface area contributed by atoms with Crippen LogP contribution in [0.15, 0.2) is 12.1 Å². The highest BCUT2D eigenvalue weighted by atomic mass is 16.8. The van der Waals surface area contributed by atoms with Crippen LogP contribution in [-0.4, -0.2) is 21.0 Å². The fourth-order valence-corrected chi connectivity index (χ4v) is 1.68. The van der Waals surface area contributed by atoms with E-state index in [-0.39, 0.29) is 6.79 Å². The maximum Gasteiger partial charge on any atom is 0.194 e. The molecule has 2 rings (SSSR count). The lowest BCUT2D eigenvalue weighted by atomic mass is 10.1. The highest BCUT2D eigenvalue weighted by Crippen LogP contribution is 2.40. The third kappa shape index (κ3) is 1.78. The monoisotopic (exact) mass is 210 g/mol. The summed E-state index contributed by atoms with van der Waals surface area (Å²) < 4.78 is 21.2. The number of hydrogen-bond donors (Lipinski definition) is 0. The van der Waals surface area contributed by atoms with Gasteiger partial charge in [-0.2, -0.15) is 0 Å². The largest absolute Gasteiger partial charge is 0.496 e. The lowest BCUT2D eigenvalue weighted by molar-refractivity contribution is -0.181. The van der Waals surface area contributed by atoms with Crippen molar-refractivity contribution >= 4 is 0 Å². The Labute approximate surface area is 88.7 Å². The van der Waals surface area contributed by atoms with Crippen molar-refractivity contribution in [2.45, 2.75) is 13.2 Å². The number of ether oxygens (including phenoxy) is 4. The maximum atomic E-state index is 5.40. The van der Waals surface area contributed by atoms with Crippen molar-refractivity contribution in [3.63, 3.8) is 0 Å². The molecule has 0 fully saturated rings. The number of methoxy groups -OCH3 is 2. The molecule has 1 atom stereocenters. The van der Waals surface area contributed by atoms with Gasteiger partial charge in [-0.15, -0.1) is 0 Å². The summed E-state index contributed by atoms with van der Waals surface area (Å²) in [6, 6.07) is 3.88. The van der Waals surface area contributed by atoms with E-state index in [2.05, 4.69) is 0 Å². The molecule has 0 saturated heterocycles. The Bertz CT molecular complexity index is 345. The molecule has 1 unspecified atom stereocenters. The summed E-state index contributed by atoms with van der Waals surface area (Å²) in [6.45, 7) is 2.20. The van der Waals surface area contributed by atoms with Crippen LogP contribution in [0.2, 0.25) is 0 Å². The Morgan fingerprint density at radius 3 is 2.80 bits per heavy atom. The van der Waals surface area contributed by atoms with Gasteiger partial charge in [0.2, 0.25) is 0 Å². The van der Waals surface area contributed by atoms with Crippen LogP contribution in [0.3, 0.4) is 0 Å². The fraction of sp³-hybridized carbons (Fsp3) is 0.455. The number of fused-ring (bicyclic) bond motifs is 1. The molecule has 1 aliphatic rings. The van der Waals surface area contributed by atoms with E-state index in [0.29, 0.717) is 0 Å². The van der Waals surface area contributed by atoms with Crippen molar-refractivity contribution in [1.29, 1.82) is 0 Å². The van der Waals surface area contributed by atoms with E-state index in [1.165, 1.54) is 0 Å². The summed E-state index contributed by atoms with van der Waals surface area (Å²) in [5, 5.41) is 0. The molecule has 0 spiro atoms. The van der Waals surface area contributed by atoms with E-state index in [1.807, 2.05) is 19.1 Å². The lowest BCUT2D eigenvalue weighted by Gasteiger charge is -2.26. The average Bonchev–Trinajstić information content (AvgIpc) is 2.26. The first-order chi connectivity index (χ1) is 7.26. The zero-order valence-electron chi connectivity index (χ0n) is 9.07. The second-order valence-electron chi connectivity index (χ2n) is 3.38. The molecule has 0 radical (unpaired) electrons. The van der Waals surface area contributed by atoms with Gasteiger partial charge >= 0.3 is 0 Å². The van der Waals surface area contributed by atoms with Crippen molar-refractivity contribution < 1.29 is 18.9 Å². The van der Waals surface area contributed by atoms with E-state index >= 15 is 0 Å². The number of benzene rings is 1. The molecule has 0 bridgehead atoms. The molecule has 0 saturated carbocycles. The lowest BCUT2D eigenvalue weighted by Crippen LogP contribution is -2.19. The number of aryl methyl sites for hydroxylation is 1. The molecule has 1 heterocycles. The van der Waals surface area contributed by atoms with Gasteiger partial charge in [0.1, 0.15) is 11.5 Å². The van der Waals surface area contributed by atoms with Gasteiger partial charge in [0.05, 0.1) is 12.7 Å². The van der Waals surface area contributed by atoms with Crippen molar-refractivity contribution in [3.8, 4) is 11.5 Å². The predicted octanol–water partition coefficient (Wildman–Crippen LogP) is 2.02. The van der Waals surface area contributed by atoms with Gasteiger partial charge in [-0.05, 0) is 24.6 Å². The van der Waals surface area contributed by atoms with Crippen LogP contribution in [0, 0.1) is 6.92 Å². The third-order valence-corrected chi connectivity index (χ3v) is 2.35. The van der Waals surface area contributed by atoms with Crippen molar-refractivity contribution in [2.24, 2.45) is 0 Å². The van der Waals surface area contributed by atoms with Crippen LogP contribution in [0.25, 0.3) is 0 Å². The molecule has 0 aliphatic carbocycles. The average molecular weight is 210 g/mol. The molecule has 1 aromatic rings. The highest BCUT2D eigenvalue weighted by molar-refractivity contribution is 5.49. The summed E-state index contributed by atoms with van der Waals surface area (Å²) in [5.74, 6) is 1.50.